The zero-order valence-corrected chi connectivity index (χ0v) is 9.48. The summed E-state index contributed by atoms with van der Waals surface area (Å²) in [6.45, 7) is 0.730. The van der Waals surface area contributed by atoms with E-state index >= 15 is 0 Å². The first-order valence-electron chi connectivity index (χ1n) is 4.43. The Kier molecular flexibility index (Phi) is 3.08. The van der Waals surface area contributed by atoms with Gasteiger partial charge in [-0.1, -0.05) is 11.6 Å². The molecule has 15 heavy (non-hydrogen) atoms. The number of anilines is 2. The predicted octanol–water partition coefficient (Wildman–Crippen LogP) is 2.99. The van der Waals surface area contributed by atoms with Crippen LogP contribution in [0.1, 0.15) is 4.88 Å². The summed E-state index contributed by atoms with van der Waals surface area (Å²) in [6, 6.07) is 7.55. The van der Waals surface area contributed by atoms with Gasteiger partial charge in [-0.15, -0.1) is 11.3 Å². The highest BCUT2D eigenvalue weighted by Crippen LogP contribution is 2.22. The SMILES string of the molecule is Nc1ccc(NCc2ccc(Cl)s2)nc1. The molecular weight excluding hydrogens is 230 g/mol. The van der Waals surface area contributed by atoms with Crippen molar-refractivity contribution in [1.82, 2.24) is 4.98 Å². The molecule has 2 aromatic heterocycles. The van der Waals surface area contributed by atoms with E-state index in [2.05, 4.69) is 10.3 Å². The molecule has 0 fully saturated rings. The monoisotopic (exact) mass is 239 g/mol. The number of nitrogens with one attached hydrogen (secondary N) is 1. The van der Waals surface area contributed by atoms with Gasteiger partial charge in [-0.3, -0.25) is 0 Å². The molecule has 78 valence electrons. The maximum Gasteiger partial charge on any atom is 0.126 e. The van der Waals surface area contributed by atoms with Crippen molar-refractivity contribution >= 4 is 34.4 Å². The van der Waals surface area contributed by atoms with Crippen molar-refractivity contribution in [3.63, 3.8) is 0 Å². The molecule has 0 unspecified atom stereocenters. The molecule has 3 N–H and O–H groups in total. The zero-order chi connectivity index (χ0) is 10.7. The molecular formula is C10H10ClN3S. The number of aromatic nitrogens is 1. The number of nitrogens with two attached hydrogens (primary N) is 1. The van der Waals surface area contributed by atoms with Gasteiger partial charge in [0.2, 0.25) is 0 Å². The Labute approximate surface area is 96.9 Å². The number of nitrogens with zero attached hydrogens (tertiary/aromatic N) is 1. The molecule has 2 aromatic rings. The first-order valence-corrected chi connectivity index (χ1v) is 5.63. The van der Waals surface area contributed by atoms with Crippen molar-refractivity contribution in [2.75, 3.05) is 11.1 Å². The minimum absolute atomic E-state index is 0.666. The van der Waals surface area contributed by atoms with Crippen LogP contribution in [0.15, 0.2) is 30.5 Å². The number of thiophene rings is 1. The van der Waals surface area contributed by atoms with E-state index in [4.69, 9.17) is 17.3 Å². The van der Waals surface area contributed by atoms with Gasteiger partial charge in [-0.2, -0.15) is 0 Å². The minimum atomic E-state index is 0.666. The second-order valence-corrected chi connectivity index (χ2v) is 4.84. The summed E-state index contributed by atoms with van der Waals surface area (Å²) in [5.74, 6) is 0.814. The fourth-order valence-electron chi connectivity index (χ4n) is 1.13. The van der Waals surface area contributed by atoms with Gasteiger partial charge in [-0.25, -0.2) is 4.98 Å². The predicted molar refractivity (Wildman–Crippen MR) is 65.3 cm³/mol. The maximum absolute atomic E-state index is 5.82. The Morgan fingerprint density at radius 1 is 1.33 bits per heavy atom. The molecule has 2 heterocycles. The van der Waals surface area contributed by atoms with Crippen molar-refractivity contribution in [3.8, 4) is 0 Å². The van der Waals surface area contributed by atoms with Crippen LogP contribution in [0.4, 0.5) is 11.5 Å². The van der Waals surface area contributed by atoms with E-state index in [1.54, 1.807) is 17.5 Å². The smallest absolute Gasteiger partial charge is 0.126 e. The molecule has 5 heteroatoms. The van der Waals surface area contributed by atoms with E-state index in [0.717, 1.165) is 16.7 Å². The molecule has 0 atom stereocenters. The molecule has 0 spiro atoms. The van der Waals surface area contributed by atoms with E-state index < -0.39 is 0 Å². The van der Waals surface area contributed by atoms with E-state index in [-0.39, 0.29) is 0 Å². The quantitative estimate of drug-likeness (QED) is 0.866. The van der Waals surface area contributed by atoms with E-state index in [1.807, 2.05) is 24.3 Å². The van der Waals surface area contributed by atoms with Crippen LogP contribution in [-0.2, 0) is 6.54 Å². The third-order valence-electron chi connectivity index (χ3n) is 1.86. The van der Waals surface area contributed by atoms with Crippen LogP contribution < -0.4 is 11.1 Å². The lowest BCUT2D eigenvalue weighted by molar-refractivity contribution is 1.14. The fourth-order valence-corrected chi connectivity index (χ4v) is 2.16. The summed E-state index contributed by atoms with van der Waals surface area (Å²) in [5, 5.41) is 3.19. The van der Waals surface area contributed by atoms with Gasteiger partial charge >= 0.3 is 0 Å². The molecule has 0 amide bonds. The van der Waals surface area contributed by atoms with Crippen LogP contribution in [0.25, 0.3) is 0 Å². The molecule has 0 aromatic carbocycles. The van der Waals surface area contributed by atoms with Gasteiger partial charge < -0.3 is 11.1 Å². The molecule has 3 nitrogen and oxygen atoms in total. The molecule has 0 saturated carbocycles. The van der Waals surface area contributed by atoms with Crippen molar-refractivity contribution < 1.29 is 0 Å². The summed E-state index contributed by atoms with van der Waals surface area (Å²) < 4.78 is 0.803. The van der Waals surface area contributed by atoms with Crippen LogP contribution in [0.5, 0.6) is 0 Å². The third-order valence-corrected chi connectivity index (χ3v) is 3.09. The second kappa shape index (κ2) is 4.51. The number of rotatable bonds is 3. The molecule has 0 aliphatic rings. The van der Waals surface area contributed by atoms with E-state index in [0.29, 0.717) is 5.69 Å². The number of nitrogen functional groups attached to an aromatic ring is 1. The van der Waals surface area contributed by atoms with Crippen LogP contribution >= 0.6 is 22.9 Å². The van der Waals surface area contributed by atoms with E-state index in [9.17, 15) is 0 Å². The van der Waals surface area contributed by atoms with Crippen molar-refractivity contribution in [2.45, 2.75) is 6.54 Å². The summed E-state index contributed by atoms with van der Waals surface area (Å²) >= 11 is 7.38. The third kappa shape index (κ3) is 2.84. The van der Waals surface area contributed by atoms with Crippen LogP contribution in [0, 0.1) is 0 Å². The van der Waals surface area contributed by atoms with Gasteiger partial charge in [-0.05, 0) is 24.3 Å². The largest absolute Gasteiger partial charge is 0.397 e. The average Bonchev–Trinajstić information content (AvgIpc) is 2.64. The second-order valence-electron chi connectivity index (χ2n) is 3.04. The summed E-state index contributed by atoms with van der Waals surface area (Å²) in [7, 11) is 0. The maximum atomic E-state index is 5.82. The lowest BCUT2D eigenvalue weighted by atomic mass is 10.4. The number of pyridine rings is 1. The first kappa shape index (κ1) is 10.3. The Morgan fingerprint density at radius 3 is 2.80 bits per heavy atom. The Bertz CT molecular complexity index is 438. The van der Waals surface area contributed by atoms with Crippen LogP contribution in [0.3, 0.4) is 0 Å². The van der Waals surface area contributed by atoms with Crippen molar-refractivity contribution in [3.05, 3.63) is 39.7 Å². The summed E-state index contributed by atoms with van der Waals surface area (Å²) in [6.07, 6.45) is 1.63. The Hall–Kier alpha value is -1.26. The molecule has 0 bridgehead atoms. The summed E-state index contributed by atoms with van der Waals surface area (Å²) in [4.78, 5) is 5.31. The standard InChI is InChI=1S/C10H10ClN3S/c11-9-3-2-8(15-9)6-14-10-4-1-7(12)5-13-10/h1-5H,6,12H2,(H,13,14). The van der Waals surface area contributed by atoms with E-state index in [1.165, 1.54) is 4.88 Å². The Balaban J connectivity index is 1.96. The first-order chi connectivity index (χ1) is 7.24. The minimum Gasteiger partial charge on any atom is -0.397 e. The van der Waals surface area contributed by atoms with Gasteiger partial charge in [0.1, 0.15) is 5.82 Å². The molecule has 0 aliphatic carbocycles. The zero-order valence-electron chi connectivity index (χ0n) is 7.90. The van der Waals surface area contributed by atoms with Gasteiger partial charge in [0.25, 0.3) is 0 Å². The molecule has 0 aliphatic heterocycles. The average molecular weight is 240 g/mol. The topological polar surface area (TPSA) is 50.9 Å². The van der Waals surface area contributed by atoms with Crippen LogP contribution in [-0.4, -0.2) is 4.98 Å². The number of hydrogen-bond acceptors (Lipinski definition) is 4. The number of hydrogen-bond donors (Lipinski definition) is 2. The normalized spacial score (nSPS) is 10.2. The summed E-state index contributed by atoms with van der Waals surface area (Å²) in [5.41, 5.74) is 6.20. The van der Waals surface area contributed by atoms with Gasteiger partial charge in [0.05, 0.1) is 22.8 Å². The lowest BCUT2D eigenvalue weighted by Gasteiger charge is -2.03. The highest BCUT2D eigenvalue weighted by Gasteiger charge is 1.98. The molecule has 0 saturated heterocycles. The Morgan fingerprint density at radius 2 is 2.20 bits per heavy atom. The number of halogens is 1. The lowest BCUT2D eigenvalue weighted by Crippen LogP contribution is -1.99. The highest BCUT2D eigenvalue weighted by molar-refractivity contribution is 7.16. The molecule has 2 rings (SSSR count). The molecule has 0 radical (unpaired) electrons. The van der Waals surface area contributed by atoms with Crippen LogP contribution in [0.2, 0.25) is 4.34 Å². The fraction of sp³-hybridized carbons (Fsp3) is 0.100. The van der Waals surface area contributed by atoms with Crippen molar-refractivity contribution in [2.24, 2.45) is 0 Å². The van der Waals surface area contributed by atoms with Crippen molar-refractivity contribution in [1.29, 1.82) is 0 Å². The van der Waals surface area contributed by atoms with Gasteiger partial charge in [0.15, 0.2) is 0 Å². The highest BCUT2D eigenvalue weighted by atomic mass is 35.5. The van der Waals surface area contributed by atoms with Gasteiger partial charge in [0, 0.05) is 4.88 Å².